The van der Waals surface area contributed by atoms with Crippen LogP contribution >= 0.6 is 0 Å². The van der Waals surface area contributed by atoms with Crippen LogP contribution in [-0.4, -0.2) is 15.0 Å². The predicted molar refractivity (Wildman–Crippen MR) is 237 cm³/mol. The third kappa shape index (κ3) is 6.72. The smallest absolute Gasteiger partial charge is 0.164 e. The van der Waals surface area contributed by atoms with Crippen LogP contribution in [-0.2, 0) is 0 Å². The molecule has 0 saturated carbocycles. The van der Waals surface area contributed by atoms with Crippen molar-refractivity contribution < 1.29 is 4.42 Å². The quantitative estimate of drug-likeness (QED) is 0.163. The zero-order valence-corrected chi connectivity index (χ0v) is 32.3. The van der Waals surface area contributed by atoms with Crippen LogP contribution in [0.25, 0.3) is 72.6 Å². The molecule has 0 radical (unpaired) electrons. The molecule has 0 bridgehead atoms. The van der Waals surface area contributed by atoms with Crippen molar-refractivity contribution in [2.24, 2.45) is 11.8 Å². The van der Waals surface area contributed by atoms with E-state index < -0.39 is 0 Å². The Kier molecular flexibility index (Phi) is 9.03. The van der Waals surface area contributed by atoms with Crippen LogP contribution in [0.1, 0.15) is 67.6 Å². The molecule has 0 saturated heterocycles. The third-order valence-electron chi connectivity index (χ3n) is 11.7. The van der Waals surface area contributed by atoms with Crippen LogP contribution in [0.2, 0.25) is 0 Å². The molecule has 57 heavy (non-hydrogen) atoms. The molecule has 3 aliphatic rings. The fraction of sp³-hybridized carbons (Fsp3) is 0.151. The van der Waals surface area contributed by atoms with E-state index >= 15 is 0 Å². The summed E-state index contributed by atoms with van der Waals surface area (Å²) in [7, 11) is 0. The fourth-order valence-electron chi connectivity index (χ4n) is 8.60. The van der Waals surface area contributed by atoms with E-state index in [9.17, 15) is 0 Å². The second-order valence-electron chi connectivity index (χ2n) is 15.6. The van der Waals surface area contributed by atoms with Crippen LogP contribution in [0.3, 0.4) is 0 Å². The summed E-state index contributed by atoms with van der Waals surface area (Å²) in [6, 6.07) is 42.7. The van der Waals surface area contributed by atoms with Gasteiger partial charge in [-0.2, -0.15) is 0 Å². The molecule has 2 heterocycles. The summed E-state index contributed by atoms with van der Waals surface area (Å²) in [6.45, 7) is 4.57. The van der Waals surface area contributed by atoms with Crippen molar-refractivity contribution in [3.8, 4) is 22.8 Å². The van der Waals surface area contributed by atoms with Gasteiger partial charge in [-0.25, -0.2) is 15.0 Å². The summed E-state index contributed by atoms with van der Waals surface area (Å²) in [5, 5.41) is 2.10. The fourth-order valence-corrected chi connectivity index (χ4v) is 8.60. The molecule has 0 N–H and O–H groups in total. The van der Waals surface area contributed by atoms with Gasteiger partial charge in [0.15, 0.2) is 17.5 Å². The van der Waals surface area contributed by atoms with Gasteiger partial charge in [-0.3, -0.25) is 0 Å². The van der Waals surface area contributed by atoms with E-state index in [1.54, 1.807) is 0 Å². The van der Waals surface area contributed by atoms with Crippen molar-refractivity contribution in [3.63, 3.8) is 0 Å². The molecule has 4 nitrogen and oxygen atoms in total. The van der Waals surface area contributed by atoms with Gasteiger partial charge in [0.25, 0.3) is 0 Å². The number of rotatable bonds is 7. The second-order valence-corrected chi connectivity index (χ2v) is 15.6. The first-order valence-electron chi connectivity index (χ1n) is 20.2. The summed E-state index contributed by atoms with van der Waals surface area (Å²) in [4.78, 5) is 15.4. The Morgan fingerprint density at radius 1 is 0.561 bits per heavy atom. The highest BCUT2D eigenvalue weighted by atomic mass is 16.3. The highest BCUT2D eigenvalue weighted by Gasteiger charge is 2.26. The maximum atomic E-state index is 6.96. The number of nitrogens with zero attached hydrogens (tertiary/aromatic N) is 3. The predicted octanol–water partition coefficient (Wildman–Crippen LogP) is 13.9. The van der Waals surface area contributed by atoms with Crippen molar-refractivity contribution in [3.05, 3.63) is 192 Å². The van der Waals surface area contributed by atoms with E-state index in [-0.39, 0.29) is 0 Å². The van der Waals surface area contributed by atoms with Gasteiger partial charge in [0, 0.05) is 33.0 Å². The van der Waals surface area contributed by atoms with E-state index in [0.29, 0.717) is 29.3 Å². The summed E-state index contributed by atoms with van der Waals surface area (Å²) < 4.78 is 6.96. The zero-order chi connectivity index (χ0) is 38.3. The number of furan rings is 1. The Morgan fingerprint density at radius 3 is 1.86 bits per heavy atom. The van der Waals surface area contributed by atoms with Gasteiger partial charge >= 0.3 is 0 Å². The lowest BCUT2D eigenvalue weighted by Gasteiger charge is -2.23. The molecule has 276 valence electrons. The maximum absolute atomic E-state index is 6.96. The van der Waals surface area contributed by atoms with Crippen molar-refractivity contribution in [1.29, 1.82) is 0 Å². The molecular formula is C53H43N3O. The molecule has 0 fully saturated rings. The van der Waals surface area contributed by atoms with Crippen LogP contribution in [0, 0.1) is 11.8 Å². The lowest BCUT2D eigenvalue weighted by Crippen LogP contribution is -2.05. The van der Waals surface area contributed by atoms with E-state index in [4.69, 9.17) is 19.4 Å². The lowest BCUT2D eigenvalue weighted by molar-refractivity contribution is 0.665. The topological polar surface area (TPSA) is 51.8 Å². The molecule has 2 unspecified atom stereocenters. The number of hydrogen-bond donors (Lipinski definition) is 0. The SMILES string of the molecule is CC1C=CC(c2nc(-c3ccccc3)nc(-c3cccc4oc5c(C6=CC=C(c7ccccc7)CC6C)cc(C6=CC=C(c7ccccc7)CC6)cc5c34)n2)=CC1. The molecule has 5 aromatic carbocycles. The van der Waals surface area contributed by atoms with Gasteiger partial charge in [-0.1, -0.05) is 160 Å². The summed E-state index contributed by atoms with van der Waals surface area (Å²) in [6.07, 6.45) is 19.8. The summed E-state index contributed by atoms with van der Waals surface area (Å²) in [5.74, 6) is 2.76. The van der Waals surface area contributed by atoms with Crippen LogP contribution < -0.4 is 0 Å². The number of allylic oxidation sites excluding steroid dienone is 12. The van der Waals surface area contributed by atoms with Crippen molar-refractivity contribution in [1.82, 2.24) is 15.0 Å². The Morgan fingerprint density at radius 2 is 1.19 bits per heavy atom. The molecule has 3 aliphatic carbocycles. The molecule has 2 aromatic heterocycles. The first-order chi connectivity index (χ1) is 28.1. The number of hydrogen-bond acceptors (Lipinski definition) is 4. The Balaban J connectivity index is 1.18. The average Bonchev–Trinajstić information content (AvgIpc) is 3.66. The minimum atomic E-state index is 0.292. The van der Waals surface area contributed by atoms with Crippen LogP contribution in [0.4, 0.5) is 0 Å². The van der Waals surface area contributed by atoms with Gasteiger partial charge in [0.1, 0.15) is 11.2 Å². The minimum Gasteiger partial charge on any atom is -0.455 e. The molecule has 4 heteroatoms. The standard InChI is InChI=1S/C53H43N3O/c1-34-21-23-41(24-22-34)52-54-51(40-17-10-5-11-18-40)55-53(56-52)45-19-12-20-48-49(45)47-33-43(39-27-25-38(26-28-39)36-13-6-3-7-14-36)32-46(50(47)57-48)44-30-29-42(31-35(44)2)37-15-8-4-9-16-37/h3-21,23-25,27,29-30,32-35H,22,26,28,31H2,1-2H3. The van der Waals surface area contributed by atoms with E-state index in [1.807, 2.05) is 18.2 Å². The monoisotopic (exact) mass is 737 g/mol. The maximum Gasteiger partial charge on any atom is 0.164 e. The second kappa shape index (κ2) is 14.8. The molecular weight excluding hydrogens is 695 g/mol. The molecule has 10 rings (SSSR count). The zero-order valence-electron chi connectivity index (χ0n) is 32.3. The number of fused-ring (bicyclic) bond motifs is 3. The number of aromatic nitrogens is 3. The van der Waals surface area contributed by atoms with Gasteiger partial charge in [-0.05, 0) is 94.7 Å². The highest BCUT2D eigenvalue weighted by molar-refractivity contribution is 6.15. The van der Waals surface area contributed by atoms with Crippen molar-refractivity contribution in [2.75, 3.05) is 0 Å². The Bertz CT molecular complexity index is 2850. The van der Waals surface area contributed by atoms with Gasteiger partial charge in [0.05, 0.1) is 0 Å². The van der Waals surface area contributed by atoms with Gasteiger partial charge in [-0.15, -0.1) is 0 Å². The van der Waals surface area contributed by atoms with E-state index in [0.717, 1.165) is 69.9 Å². The number of benzene rings is 5. The molecule has 2 atom stereocenters. The molecule has 7 aromatic rings. The Labute approximate surface area is 334 Å². The molecule has 0 spiro atoms. The average molecular weight is 738 g/mol. The first kappa shape index (κ1) is 34.8. The highest BCUT2D eigenvalue weighted by Crippen LogP contribution is 2.45. The van der Waals surface area contributed by atoms with Gasteiger partial charge < -0.3 is 4.42 Å². The van der Waals surface area contributed by atoms with E-state index in [1.165, 1.54) is 39.0 Å². The summed E-state index contributed by atoms with van der Waals surface area (Å²) in [5.41, 5.74) is 14.9. The molecule has 0 amide bonds. The van der Waals surface area contributed by atoms with Gasteiger partial charge in [0.2, 0.25) is 0 Å². The van der Waals surface area contributed by atoms with Crippen LogP contribution in [0.5, 0.6) is 0 Å². The minimum absolute atomic E-state index is 0.292. The van der Waals surface area contributed by atoms with Crippen LogP contribution in [0.15, 0.2) is 168 Å². The third-order valence-corrected chi connectivity index (χ3v) is 11.7. The normalized spacial score (nSPS) is 18.2. The first-order valence-corrected chi connectivity index (χ1v) is 20.2. The Hall–Kier alpha value is -6.65. The summed E-state index contributed by atoms with van der Waals surface area (Å²) >= 11 is 0. The van der Waals surface area contributed by atoms with Crippen molar-refractivity contribution >= 4 is 49.8 Å². The lowest BCUT2D eigenvalue weighted by atomic mass is 9.81. The van der Waals surface area contributed by atoms with Crippen molar-refractivity contribution in [2.45, 2.75) is 39.5 Å². The van der Waals surface area contributed by atoms with E-state index in [2.05, 4.69) is 160 Å². The largest absolute Gasteiger partial charge is 0.455 e. The molecule has 0 aliphatic heterocycles.